The summed E-state index contributed by atoms with van der Waals surface area (Å²) in [5.74, 6) is 1.05. The molecule has 0 bridgehead atoms. The van der Waals surface area contributed by atoms with Crippen LogP contribution < -0.4 is 0 Å². The summed E-state index contributed by atoms with van der Waals surface area (Å²) in [7, 11) is -4.16. The second-order valence-electron chi connectivity index (χ2n) is 11.4. The Hall–Kier alpha value is -3.21. The first kappa shape index (κ1) is 28.8. The van der Waals surface area contributed by atoms with Crippen molar-refractivity contribution in [2.75, 3.05) is 0 Å². The lowest BCUT2D eigenvalue weighted by molar-refractivity contribution is 0.164. The molecular formula is C35H40O3S. The van der Waals surface area contributed by atoms with Gasteiger partial charge in [0.1, 0.15) is 0 Å². The van der Waals surface area contributed by atoms with Gasteiger partial charge in [-0.3, -0.25) is 0 Å². The van der Waals surface area contributed by atoms with Gasteiger partial charge in [-0.2, -0.15) is 8.42 Å². The number of benzene rings is 4. The molecule has 0 saturated carbocycles. The van der Waals surface area contributed by atoms with Crippen LogP contribution in [0.15, 0.2) is 102 Å². The molecule has 4 aromatic rings. The van der Waals surface area contributed by atoms with E-state index in [1.54, 1.807) is 24.3 Å². The SMILES string of the molecule is Cc1ccc(S(=O)(=O)OC(c2ccc(C(C)C)cc2)(c2ccc(C(C)C)cc2)c2ccc(C(C)C)cc2)cc1. The molecule has 0 amide bonds. The minimum absolute atomic E-state index is 0.133. The Morgan fingerprint density at radius 3 is 1.10 bits per heavy atom. The van der Waals surface area contributed by atoms with Crippen LogP contribution in [0.2, 0.25) is 0 Å². The quantitative estimate of drug-likeness (QED) is 0.157. The van der Waals surface area contributed by atoms with Crippen LogP contribution >= 0.6 is 0 Å². The third-order valence-corrected chi connectivity index (χ3v) is 8.81. The Labute approximate surface area is 235 Å². The molecule has 0 fully saturated rings. The van der Waals surface area contributed by atoms with E-state index in [1.165, 1.54) is 16.7 Å². The van der Waals surface area contributed by atoms with E-state index in [9.17, 15) is 8.42 Å². The fourth-order valence-corrected chi connectivity index (χ4v) is 6.05. The van der Waals surface area contributed by atoms with Crippen molar-refractivity contribution < 1.29 is 12.6 Å². The molecular weight excluding hydrogens is 500 g/mol. The Morgan fingerprint density at radius 2 is 0.821 bits per heavy atom. The van der Waals surface area contributed by atoms with Crippen LogP contribution in [0.4, 0.5) is 0 Å². The van der Waals surface area contributed by atoms with Crippen molar-refractivity contribution in [1.82, 2.24) is 0 Å². The summed E-state index contributed by atoms with van der Waals surface area (Å²) < 4.78 is 34.4. The second-order valence-corrected chi connectivity index (χ2v) is 12.9. The molecule has 4 heteroatoms. The lowest BCUT2D eigenvalue weighted by Gasteiger charge is -2.35. The van der Waals surface area contributed by atoms with E-state index in [0.29, 0.717) is 17.8 Å². The van der Waals surface area contributed by atoms with Gasteiger partial charge in [0.25, 0.3) is 10.1 Å². The number of hydrogen-bond donors (Lipinski definition) is 0. The fraction of sp³-hybridized carbons (Fsp3) is 0.314. The first-order valence-electron chi connectivity index (χ1n) is 13.8. The van der Waals surface area contributed by atoms with Crippen LogP contribution in [0.25, 0.3) is 0 Å². The minimum Gasteiger partial charge on any atom is -0.245 e. The molecule has 0 aliphatic heterocycles. The van der Waals surface area contributed by atoms with Crippen molar-refractivity contribution in [2.24, 2.45) is 0 Å². The van der Waals surface area contributed by atoms with E-state index < -0.39 is 15.7 Å². The van der Waals surface area contributed by atoms with E-state index in [1.807, 2.05) is 43.3 Å². The predicted octanol–water partition coefficient (Wildman–Crippen LogP) is 9.06. The molecule has 0 unspecified atom stereocenters. The van der Waals surface area contributed by atoms with Gasteiger partial charge in [-0.05, 0) is 70.2 Å². The summed E-state index contributed by atoms with van der Waals surface area (Å²) in [5.41, 5.74) is 5.42. The van der Waals surface area contributed by atoms with Gasteiger partial charge in [0, 0.05) is 0 Å². The van der Waals surface area contributed by atoms with Crippen molar-refractivity contribution in [1.29, 1.82) is 0 Å². The van der Waals surface area contributed by atoms with E-state index in [2.05, 4.69) is 77.9 Å². The molecule has 0 aliphatic rings. The number of hydrogen-bond acceptors (Lipinski definition) is 3. The third kappa shape index (κ3) is 6.03. The van der Waals surface area contributed by atoms with Crippen molar-refractivity contribution in [3.8, 4) is 0 Å². The highest BCUT2D eigenvalue weighted by molar-refractivity contribution is 7.86. The molecule has 4 rings (SSSR count). The van der Waals surface area contributed by atoms with Crippen LogP contribution in [0.1, 0.15) is 98.2 Å². The van der Waals surface area contributed by atoms with E-state index in [-0.39, 0.29) is 4.90 Å². The van der Waals surface area contributed by atoms with Crippen molar-refractivity contribution in [3.63, 3.8) is 0 Å². The molecule has 0 spiro atoms. The molecule has 0 aliphatic carbocycles. The molecule has 3 nitrogen and oxygen atoms in total. The largest absolute Gasteiger partial charge is 0.298 e. The molecule has 0 radical (unpaired) electrons. The first-order chi connectivity index (χ1) is 18.4. The monoisotopic (exact) mass is 540 g/mol. The Morgan fingerprint density at radius 1 is 0.513 bits per heavy atom. The number of aryl methyl sites for hydroxylation is 1. The fourth-order valence-electron chi connectivity index (χ4n) is 4.87. The average molecular weight is 541 g/mol. The summed E-state index contributed by atoms with van der Waals surface area (Å²) in [6.07, 6.45) is 0. The van der Waals surface area contributed by atoms with Gasteiger partial charge in [0.15, 0.2) is 5.60 Å². The van der Waals surface area contributed by atoms with Crippen LogP contribution in [-0.2, 0) is 19.9 Å². The summed E-state index contributed by atoms with van der Waals surface area (Å²) in [6.45, 7) is 14.8. The van der Waals surface area contributed by atoms with Gasteiger partial charge in [-0.1, -0.05) is 132 Å². The maximum Gasteiger partial charge on any atom is 0.298 e. The molecule has 204 valence electrons. The lowest BCUT2D eigenvalue weighted by Crippen LogP contribution is -2.35. The molecule has 0 saturated heterocycles. The Kier molecular flexibility index (Phi) is 8.48. The van der Waals surface area contributed by atoms with Gasteiger partial charge < -0.3 is 0 Å². The first-order valence-corrected chi connectivity index (χ1v) is 15.2. The number of rotatable bonds is 9. The van der Waals surface area contributed by atoms with E-state index in [0.717, 1.165) is 22.3 Å². The highest BCUT2D eigenvalue weighted by Crippen LogP contribution is 2.44. The van der Waals surface area contributed by atoms with Gasteiger partial charge in [-0.15, -0.1) is 0 Å². The van der Waals surface area contributed by atoms with Gasteiger partial charge >= 0.3 is 0 Å². The van der Waals surface area contributed by atoms with Crippen LogP contribution in [0, 0.1) is 6.92 Å². The zero-order valence-electron chi connectivity index (χ0n) is 24.1. The van der Waals surface area contributed by atoms with Crippen molar-refractivity contribution in [3.05, 3.63) is 136 Å². The average Bonchev–Trinajstić information content (AvgIpc) is 2.92. The normalized spacial score (nSPS) is 12.5. The molecule has 0 atom stereocenters. The smallest absolute Gasteiger partial charge is 0.245 e. The Bertz CT molecular complexity index is 1350. The van der Waals surface area contributed by atoms with Crippen LogP contribution in [0.3, 0.4) is 0 Å². The maximum atomic E-state index is 14.0. The second kappa shape index (κ2) is 11.5. The molecule has 0 aromatic heterocycles. The highest BCUT2D eigenvalue weighted by Gasteiger charge is 2.43. The lowest BCUT2D eigenvalue weighted by atomic mass is 9.79. The molecule has 39 heavy (non-hydrogen) atoms. The zero-order chi connectivity index (χ0) is 28.4. The van der Waals surface area contributed by atoms with Crippen molar-refractivity contribution >= 4 is 10.1 Å². The highest BCUT2D eigenvalue weighted by atomic mass is 32.2. The molecule has 4 aromatic carbocycles. The summed E-state index contributed by atoms with van der Waals surface area (Å²) >= 11 is 0. The van der Waals surface area contributed by atoms with Crippen molar-refractivity contribution in [2.45, 2.75) is 76.7 Å². The third-order valence-electron chi connectivity index (χ3n) is 7.50. The summed E-state index contributed by atoms with van der Waals surface area (Å²) in [5, 5.41) is 0. The van der Waals surface area contributed by atoms with Gasteiger partial charge in [-0.25, -0.2) is 4.18 Å². The van der Waals surface area contributed by atoms with Crippen LogP contribution in [-0.4, -0.2) is 8.42 Å². The minimum atomic E-state index is -4.16. The van der Waals surface area contributed by atoms with Gasteiger partial charge in [0.2, 0.25) is 0 Å². The Balaban J connectivity index is 2.02. The van der Waals surface area contributed by atoms with E-state index >= 15 is 0 Å². The molecule has 0 N–H and O–H groups in total. The van der Waals surface area contributed by atoms with Crippen LogP contribution in [0.5, 0.6) is 0 Å². The topological polar surface area (TPSA) is 43.4 Å². The maximum absolute atomic E-state index is 14.0. The standard InChI is InChI=1S/C35H40O3S/c1-24(2)28-10-16-31(17-11-28)35(32-18-12-29(13-19-32)25(3)4,33-20-14-30(15-21-33)26(5)6)38-39(36,37)34-22-8-27(7)9-23-34/h8-26H,1-7H3. The van der Waals surface area contributed by atoms with E-state index in [4.69, 9.17) is 4.18 Å². The predicted molar refractivity (Wildman–Crippen MR) is 161 cm³/mol. The summed E-state index contributed by atoms with van der Waals surface area (Å²) in [6, 6.07) is 31.3. The van der Waals surface area contributed by atoms with Gasteiger partial charge in [0.05, 0.1) is 4.90 Å². The molecule has 0 heterocycles. The zero-order valence-corrected chi connectivity index (χ0v) is 24.9. The summed E-state index contributed by atoms with van der Waals surface area (Å²) in [4.78, 5) is 0.133.